The second kappa shape index (κ2) is 10.6. The maximum Gasteiger partial charge on any atom is 0.340 e. The van der Waals surface area contributed by atoms with Crippen LogP contribution in [0.15, 0.2) is 45.9 Å². The Morgan fingerprint density at radius 1 is 1.03 bits per heavy atom. The van der Waals surface area contributed by atoms with Crippen LogP contribution in [0.25, 0.3) is 0 Å². The molecule has 34 heavy (non-hydrogen) atoms. The highest BCUT2D eigenvalue weighted by Crippen LogP contribution is 2.30. The van der Waals surface area contributed by atoms with Crippen LogP contribution in [-0.4, -0.2) is 69.3 Å². The van der Waals surface area contributed by atoms with E-state index in [-0.39, 0.29) is 22.9 Å². The SMILES string of the molecule is CN(Cc1ccco1)C(=O)COC(=O)c1cc(S(=O)(=O)N2CCCCC2)ccc1N1CCCC1. The van der Waals surface area contributed by atoms with Crippen molar-refractivity contribution >= 4 is 27.6 Å². The highest BCUT2D eigenvalue weighted by Gasteiger charge is 2.29. The number of hydrogen-bond donors (Lipinski definition) is 0. The van der Waals surface area contributed by atoms with Crippen molar-refractivity contribution < 1.29 is 27.2 Å². The van der Waals surface area contributed by atoms with Crippen molar-refractivity contribution in [2.24, 2.45) is 0 Å². The lowest BCUT2D eigenvalue weighted by Gasteiger charge is -2.27. The lowest BCUT2D eigenvalue weighted by Crippen LogP contribution is -2.35. The fourth-order valence-electron chi connectivity index (χ4n) is 4.37. The smallest absolute Gasteiger partial charge is 0.340 e. The van der Waals surface area contributed by atoms with Crippen LogP contribution >= 0.6 is 0 Å². The molecule has 1 aromatic carbocycles. The predicted octanol–water partition coefficient (Wildman–Crippen LogP) is 2.87. The summed E-state index contributed by atoms with van der Waals surface area (Å²) in [6, 6.07) is 8.14. The number of carbonyl (C=O) groups is 2. The van der Waals surface area contributed by atoms with Gasteiger partial charge in [-0.1, -0.05) is 6.42 Å². The molecule has 3 heterocycles. The molecule has 1 aromatic heterocycles. The number of likely N-dealkylation sites (N-methyl/N-ethyl adjacent to an activating group) is 1. The fraction of sp³-hybridized carbons (Fsp3) is 0.500. The molecule has 0 radical (unpaired) electrons. The third kappa shape index (κ3) is 5.44. The number of rotatable bonds is 8. The predicted molar refractivity (Wildman–Crippen MR) is 126 cm³/mol. The van der Waals surface area contributed by atoms with E-state index in [1.807, 2.05) is 0 Å². The van der Waals surface area contributed by atoms with Gasteiger partial charge in [0.15, 0.2) is 6.61 Å². The van der Waals surface area contributed by atoms with E-state index in [1.54, 1.807) is 31.3 Å². The first-order chi connectivity index (χ1) is 16.4. The van der Waals surface area contributed by atoms with E-state index in [2.05, 4.69) is 4.90 Å². The Labute approximate surface area is 200 Å². The molecule has 10 heteroatoms. The number of furan rings is 1. The van der Waals surface area contributed by atoms with Gasteiger partial charge in [0.1, 0.15) is 5.76 Å². The monoisotopic (exact) mass is 489 g/mol. The van der Waals surface area contributed by atoms with E-state index in [4.69, 9.17) is 9.15 Å². The van der Waals surface area contributed by atoms with Gasteiger partial charge in [0.05, 0.1) is 29.0 Å². The van der Waals surface area contributed by atoms with Crippen LogP contribution in [0.2, 0.25) is 0 Å². The summed E-state index contributed by atoms with van der Waals surface area (Å²) >= 11 is 0. The minimum Gasteiger partial charge on any atom is -0.467 e. The molecule has 184 valence electrons. The van der Waals surface area contributed by atoms with E-state index in [1.165, 1.54) is 21.5 Å². The summed E-state index contributed by atoms with van der Waals surface area (Å²) in [6.45, 7) is 2.33. The van der Waals surface area contributed by atoms with Crippen molar-refractivity contribution in [3.8, 4) is 0 Å². The number of ether oxygens (including phenoxy) is 1. The Balaban J connectivity index is 1.52. The van der Waals surface area contributed by atoms with E-state index in [9.17, 15) is 18.0 Å². The molecule has 2 aliphatic heterocycles. The molecule has 2 saturated heterocycles. The molecule has 0 bridgehead atoms. The van der Waals surface area contributed by atoms with Crippen LogP contribution in [0.1, 0.15) is 48.2 Å². The van der Waals surface area contributed by atoms with Gasteiger partial charge >= 0.3 is 5.97 Å². The summed E-state index contributed by atoms with van der Waals surface area (Å²) in [4.78, 5) is 29.1. The summed E-state index contributed by atoms with van der Waals surface area (Å²) < 4.78 is 38.5. The maximum atomic E-state index is 13.2. The topological polar surface area (TPSA) is 100 Å². The Kier molecular flexibility index (Phi) is 7.57. The average Bonchev–Trinajstić information content (AvgIpc) is 3.57. The number of anilines is 1. The van der Waals surface area contributed by atoms with Crippen molar-refractivity contribution in [3.63, 3.8) is 0 Å². The zero-order chi connectivity index (χ0) is 24.1. The third-order valence-corrected chi connectivity index (χ3v) is 8.21. The van der Waals surface area contributed by atoms with Crippen LogP contribution in [0.5, 0.6) is 0 Å². The van der Waals surface area contributed by atoms with Crippen LogP contribution in [0.3, 0.4) is 0 Å². The van der Waals surface area contributed by atoms with Gasteiger partial charge in [-0.05, 0) is 56.0 Å². The molecule has 0 N–H and O–H groups in total. The molecule has 0 atom stereocenters. The molecule has 9 nitrogen and oxygen atoms in total. The molecular weight excluding hydrogens is 458 g/mol. The number of piperidine rings is 1. The molecule has 0 saturated carbocycles. The third-order valence-electron chi connectivity index (χ3n) is 6.31. The number of benzene rings is 1. The summed E-state index contributed by atoms with van der Waals surface area (Å²) in [5.74, 6) is -0.476. The zero-order valence-electron chi connectivity index (χ0n) is 19.4. The minimum absolute atomic E-state index is 0.0746. The molecule has 4 rings (SSSR count). The minimum atomic E-state index is -3.71. The van der Waals surface area contributed by atoms with Gasteiger partial charge < -0.3 is 19.0 Å². The van der Waals surface area contributed by atoms with Crippen molar-refractivity contribution in [2.75, 3.05) is 44.7 Å². The van der Waals surface area contributed by atoms with Crippen LogP contribution in [0.4, 0.5) is 5.69 Å². The van der Waals surface area contributed by atoms with Gasteiger partial charge in [-0.3, -0.25) is 4.79 Å². The lowest BCUT2D eigenvalue weighted by molar-refractivity contribution is -0.133. The highest BCUT2D eigenvalue weighted by molar-refractivity contribution is 7.89. The first-order valence-electron chi connectivity index (χ1n) is 11.7. The van der Waals surface area contributed by atoms with Crippen molar-refractivity contribution in [3.05, 3.63) is 47.9 Å². The van der Waals surface area contributed by atoms with Crippen molar-refractivity contribution in [1.29, 1.82) is 0 Å². The van der Waals surface area contributed by atoms with Crippen LogP contribution < -0.4 is 4.90 Å². The van der Waals surface area contributed by atoms with Gasteiger partial charge in [0.25, 0.3) is 5.91 Å². The van der Waals surface area contributed by atoms with Crippen molar-refractivity contribution in [1.82, 2.24) is 9.21 Å². The number of esters is 1. The standard InChI is InChI=1S/C24H31N3O6S/c1-25(17-19-8-7-15-32-19)23(28)18-33-24(29)21-16-20(9-10-22(21)26-11-5-6-12-26)34(30,31)27-13-3-2-4-14-27/h7-10,15-16H,2-6,11-14,17-18H2,1H3. The van der Waals surface area contributed by atoms with Gasteiger partial charge in [-0.15, -0.1) is 0 Å². The Morgan fingerprint density at radius 3 is 2.41 bits per heavy atom. The molecule has 2 aliphatic rings. The molecule has 0 spiro atoms. The van der Waals surface area contributed by atoms with Crippen LogP contribution in [0, 0.1) is 0 Å². The second-order valence-electron chi connectivity index (χ2n) is 8.74. The van der Waals surface area contributed by atoms with Gasteiger partial charge in [-0.25, -0.2) is 13.2 Å². The number of amides is 1. The van der Waals surface area contributed by atoms with Gasteiger partial charge in [-0.2, -0.15) is 4.31 Å². The summed E-state index contributed by atoms with van der Waals surface area (Å²) in [5.41, 5.74) is 0.804. The van der Waals surface area contributed by atoms with Gasteiger partial charge in [0, 0.05) is 33.2 Å². The molecule has 0 aliphatic carbocycles. The lowest BCUT2D eigenvalue weighted by atomic mass is 10.1. The Morgan fingerprint density at radius 2 is 1.74 bits per heavy atom. The van der Waals surface area contributed by atoms with E-state index in [0.29, 0.717) is 24.5 Å². The molecule has 2 fully saturated rings. The molecule has 0 unspecified atom stereocenters. The number of hydrogen-bond acceptors (Lipinski definition) is 7. The summed E-state index contributed by atoms with van der Waals surface area (Å²) in [5, 5.41) is 0. The Hall–Kier alpha value is -2.85. The highest BCUT2D eigenvalue weighted by atomic mass is 32.2. The zero-order valence-corrected chi connectivity index (χ0v) is 20.3. The summed E-state index contributed by atoms with van der Waals surface area (Å²) in [6.07, 6.45) is 6.19. The van der Waals surface area contributed by atoms with Crippen LogP contribution in [-0.2, 0) is 26.1 Å². The normalized spacial score (nSPS) is 17.0. The van der Waals surface area contributed by atoms with Crippen molar-refractivity contribution in [2.45, 2.75) is 43.5 Å². The number of carbonyl (C=O) groups excluding carboxylic acids is 2. The number of nitrogens with zero attached hydrogens (tertiary/aromatic N) is 3. The molecular formula is C24H31N3O6S. The first kappa shape index (κ1) is 24.3. The second-order valence-corrected chi connectivity index (χ2v) is 10.7. The summed E-state index contributed by atoms with van der Waals surface area (Å²) in [7, 11) is -2.11. The van der Waals surface area contributed by atoms with E-state index in [0.717, 1.165) is 45.2 Å². The Bertz CT molecular complexity index is 1100. The fourth-order valence-corrected chi connectivity index (χ4v) is 5.91. The van der Waals surface area contributed by atoms with E-state index >= 15 is 0 Å². The first-order valence-corrected chi connectivity index (χ1v) is 13.1. The largest absolute Gasteiger partial charge is 0.467 e. The average molecular weight is 490 g/mol. The quantitative estimate of drug-likeness (QED) is 0.526. The van der Waals surface area contributed by atoms with E-state index < -0.39 is 22.6 Å². The number of sulfonamides is 1. The molecule has 1 amide bonds. The molecule has 2 aromatic rings. The maximum absolute atomic E-state index is 13.2. The van der Waals surface area contributed by atoms with Gasteiger partial charge in [0.2, 0.25) is 10.0 Å².